The first-order valence-electron chi connectivity index (χ1n) is 7.19. The number of ether oxygens (including phenoxy) is 2. The molecule has 3 unspecified atom stereocenters. The van der Waals surface area contributed by atoms with Crippen LogP contribution in [0.1, 0.15) is 27.2 Å². The SMILES string of the molecule is CC(C)(C)OC(=O)N1CC2C(=O)NCC3OCCC32C1. The number of hydrogen-bond donors (Lipinski definition) is 1. The number of nitrogens with zero attached hydrogens (tertiary/aromatic N) is 1. The van der Waals surface area contributed by atoms with Gasteiger partial charge in [-0.25, -0.2) is 4.79 Å². The molecule has 6 nitrogen and oxygen atoms in total. The minimum absolute atomic E-state index is 0.0256. The highest BCUT2D eigenvalue weighted by Crippen LogP contribution is 2.49. The van der Waals surface area contributed by atoms with Crippen LogP contribution in [0.2, 0.25) is 0 Å². The minimum atomic E-state index is -0.518. The zero-order valence-corrected chi connectivity index (χ0v) is 12.3. The van der Waals surface area contributed by atoms with Crippen molar-refractivity contribution in [2.75, 3.05) is 26.2 Å². The van der Waals surface area contributed by atoms with E-state index in [1.807, 2.05) is 20.8 Å². The van der Waals surface area contributed by atoms with Crippen LogP contribution in [0.25, 0.3) is 0 Å². The Balaban J connectivity index is 1.79. The first kappa shape index (κ1) is 13.7. The van der Waals surface area contributed by atoms with E-state index in [1.165, 1.54) is 0 Å². The molecule has 1 spiro atoms. The summed E-state index contributed by atoms with van der Waals surface area (Å²) in [5, 5.41) is 2.88. The quantitative estimate of drug-likeness (QED) is 0.712. The van der Waals surface area contributed by atoms with Crippen molar-refractivity contribution < 1.29 is 19.1 Å². The second-order valence-electron chi connectivity index (χ2n) is 7.00. The molecule has 3 aliphatic rings. The van der Waals surface area contributed by atoms with Crippen molar-refractivity contribution in [3.63, 3.8) is 0 Å². The maximum atomic E-state index is 12.2. The van der Waals surface area contributed by atoms with Gasteiger partial charge in [0.25, 0.3) is 0 Å². The van der Waals surface area contributed by atoms with Gasteiger partial charge in [0, 0.05) is 31.7 Å². The highest BCUT2D eigenvalue weighted by Gasteiger charge is 2.60. The minimum Gasteiger partial charge on any atom is -0.444 e. The molecule has 6 heteroatoms. The van der Waals surface area contributed by atoms with E-state index in [0.29, 0.717) is 26.2 Å². The summed E-state index contributed by atoms with van der Waals surface area (Å²) < 4.78 is 11.2. The average Bonchev–Trinajstić information content (AvgIpc) is 2.90. The van der Waals surface area contributed by atoms with E-state index >= 15 is 0 Å². The van der Waals surface area contributed by atoms with E-state index in [2.05, 4.69) is 5.32 Å². The van der Waals surface area contributed by atoms with Crippen molar-refractivity contribution in [1.82, 2.24) is 10.2 Å². The number of nitrogens with one attached hydrogen (secondary N) is 1. The molecular formula is C14H22N2O4. The number of piperidine rings is 1. The Kier molecular flexibility index (Phi) is 2.97. The molecule has 3 rings (SSSR count). The summed E-state index contributed by atoms with van der Waals surface area (Å²) in [5.41, 5.74) is -0.727. The third-order valence-electron chi connectivity index (χ3n) is 4.54. The molecule has 3 atom stereocenters. The van der Waals surface area contributed by atoms with Gasteiger partial charge in [0.15, 0.2) is 0 Å². The Bertz CT molecular complexity index is 445. The molecule has 0 aliphatic carbocycles. The van der Waals surface area contributed by atoms with Crippen LogP contribution in [0.5, 0.6) is 0 Å². The van der Waals surface area contributed by atoms with E-state index in [1.54, 1.807) is 4.90 Å². The van der Waals surface area contributed by atoms with Gasteiger partial charge in [0.1, 0.15) is 5.60 Å². The van der Waals surface area contributed by atoms with Crippen molar-refractivity contribution >= 4 is 12.0 Å². The Morgan fingerprint density at radius 3 is 2.95 bits per heavy atom. The summed E-state index contributed by atoms with van der Waals surface area (Å²) in [6.07, 6.45) is 0.534. The summed E-state index contributed by atoms with van der Waals surface area (Å²) in [7, 11) is 0. The van der Waals surface area contributed by atoms with E-state index < -0.39 is 5.60 Å². The summed E-state index contributed by atoms with van der Waals surface area (Å²) in [6.45, 7) is 7.75. The lowest BCUT2D eigenvalue weighted by Crippen LogP contribution is -2.55. The molecule has 3 fully saturated rings. The van der Waals surface area contributed by atoms with Crippen LogP contribution in [-0.4, -0.2) is 54.8 Å². The number of carbonyl (C=O) groups excluding carboxylic acids is 2. The molecule has 3 aliphatic heterocycles. The Labute approximate surface area is 118 Å². The maximum Gasteiger partial charge on any atom is 0.410 e. The van der Waals surface area contributed by atoms with Gasteiger partial charge in [-0.3, -0.25) is 4.79 Å². The maximum absolute atomic E-state index is 12.2. The van der Waals surface area contributed by atoms with E-state index in [0.717, 1.165) is 6.42 Å². The van der Waals surface area contributed by atoms with Gasteiger partial charge in [0.2, 0.25) is 5.91 Å². The highest BCUT2D eigenvalue weighted by molar-refractivity contribution is 5.83. The second kappa shape index (κ2) is 4.35. The molecule has 2 amide bonds. The molecular weight excluding hydrogens is 260 g/mol. The number of carbonyl (C=O) groups is 2. The van der Waals surface area contributed by atoms with Crippen molar-refractivity contribution in [2.24, 2.45) is 11.3 Å². The number of rotatable bonds is 0. The molecule has 0 radical (unpaired) electrons. The van der Waals surface area contributed by atoms with Crippen molar-refractivity contribution in [2.45, 2.75) is 38.9 Å². The fourth-order valence-electron chi connectivity index (χ4n) is 3.62. The van der Waals surface area contributed by atoms with Gasteiger partial charge in [-0.15, -0.1) is 0 Å². The van der Waals surface area contributed by atoms with Gasteiger partial charge >= 0.3 is 6.09 Å². The third kappa shape index (κ3) is 2.06. The van der Waals surface area contributed by atoms with Crippen molar-refractivity contribution in [3.05, 3.63) is 0 Å². The summed E-state index contributed by atoms with van der Waals surface area (Å²) in [4.78, 5) is 26.0. The Morgan fingerprint density at radius 2 is 2.25 bits per heavy atom. The van der Waals surface area contributed by atoms with Crippen LogP contribution in [0.15, 0.2) is 0 Å². The first-order chi connectivity index (χ1) is 9.32. The molecule has 20 heavy (non-hydrogen) atoms. The summed E-state index contributed by atoms with van der Waals surface area (Å²) >= 11 is 0. The Morgan fingerprint density at radius 1 is 1.50 bits per heavy atom. The van der Waals surface area contributed by atoms with Gasteiger partial charge < -0.3 is 19.7 Å². The average molecular weight is 282 g/mol. The van der Waals surface area contributed by atoms with Gasteiger partial charge in [0.05, 0.1) is 12.0 Å². The van der Waals surface area contributed by atoms with Gasteiger partial charge in [-0.2, -0.15) is 0 Å². The summed E-state index contributed by atoms with van der Waals surface area (Å²) in [6, 6.07) is 0. The highest BCUT2D eigenvalue weighted by atomic mass is 16.6. The molecule has 3 saturated heterocycles. The molecule has 0 aromatic carbocycles. The standard InChI is InChI=1S/C14H22N2O4/c1-13(2,3)20-12(18)16-7-9-11(17)15-6-10-14(9,8-16)4-5-19-10/h9-10H,4-8H2,1-3H3,(H,15,17). The molecule has 1 N–H and O–H groups in total. The van der Waals surface area contributed by atoms with E-state index in [4.69, 9.17) is 9.47 Å². The van der Waals surface area contributed by atoms with Crippen LogP contribution < -0.4 is 5.32 Å². The van der Waals surface area contributed by atoms with Crippen LogP contribution in [-0.2, 0) is 14.3 Å². The zero-order chi connectivity index (χ0) is 14.5. The lowest BCUT2D eigenvalue weighted by molar-refractivity contribution is -0.133. The smallest absolute Gasteiger partial charge is 0.410 e. The predicted octanol–water partition coefficient (Wildman–Crippen LogP) is 0.758. The largest absolute Gasteiger partial charge is 0.444 e. The molecule has 3 heterocycles. The normalized spacial score (nSPS) is 36.4. The van der Waals surface area contributed by atoms with E-state index in [-0.39, 0.29) is 29.4 Å². The van der Waals surface area contributed by atoms with Crippen molar-refractivity contribution in [1.29, 1.82) is 0 Å². The molecule has 0 bridgehead atoms. The molecule has 0 aromatic rings. The van der Waals surface area contributed by atoms with Gasteiger partial charge in [-0.05, 0) is 27.2 Å². The predicted molar refractivity (Wildman–Crippen MR) is 71.1 cm³/mol. The topological polar surface area (TPSA) is 67.9 Å². The van der Waals surface area contributed by atoms with Crippen LogP contribution in [0, 0.1) is 11.3 Å². The monoisotopic (exact) mass is 282 g/mol. The molecule has 0 saturated carbocycles. The number of likely N-dealkylation sites (tertiary alicyclic amines) is 1. The lowest BCUT2D eigenvalue weighted by Gasteiger charge is -2.38. The van der Waals surface area contributed by atoms with Gasteiger partial charge in [-0.1, -0.05) is 0 Å². The van der Waals surface area contributed by atoms with Crippen LogP contribution in [0.4, 0.5) is 4.79 Å². The molecule has 0 aromatic heterocycles. The van der Waals surface area contributed by atoms with E-state index in [9.17, 15) is 9.59 Å². The first-order valence-corrected chi connectivity index (χ1v) is 7.19. The summed E-state index contributed by atoms with van der Waals surface area (Å²) in [5.74, 6) is -0.130. The fraction of sp³-hybridized carbons (Fsp3) is 0.857. The zero-order valence-electron chi connectivity index (χ0n) is 12.3. The second-order valence-corrected chi connectivity index (χ2v) is 7.00. The van der Waals surface area contributed by atoms with Crippen LogP contribution >= 0.6 is 0 Å². The molecule has 112 valence electrons. The lowest BCUT2D eigenvalue weighted by atomic mass is 9.70. The Hall–Kier alpha value is -1.30. The fourth-order valence-corrected chi connectivity index (χ4v) is 3.62. The third-order valence-corrected chi connectivity index (χ3v) is 4.54. The van der Waals surface area contributed by atoms with Crippen LogP contribution in [0.3, 0.4) is 0 Å². The number of amides is 2. The van der Waals surface area contributed by atoms with Crippen molar-refractivity contribution in [3.8, 4) is 0 Å². The number of hydrogen-bond acceptors (Lipinski definition) is 4.